The lowest BCUT2D eigenvalue weighted by molar-refractivity contribution is -0.137. The van der Waals surface area contributed by atoms with E-state index in [1.165, 1.54) is 19.2 Å². The summed E-state index contributed by atoms with van der Waals surface area (Å²) in [5, 5.41) is 8.67. The first kappa shape index (κ1) is 15.9. The second-order valence-corrected chi connectivity index (χ2v) is 6.61. The van der Waals surface area contributed by atoms with Crippen LogP contribution in [-0.4, -0.2) is 44.0 Å². The lowest BCUT2D eigenvalue weighted by Gasteiger charge is -2.17. The van der Waals surface area contributed by atoms with Crippen molar-refractivity contribution in [2.75, 3.05) is 20.2 Å². The van der Waals surface area contributed by atoms with Crippen LogP contribution in [0.1, 0.15) is 6.92 Å². The summed E-state index contributed by atoms with van der Waals surface area (Å²) in [5.74, 6) is -1.03. The molecule has 0 aliphatic heterocycles. The fraction of sp³-hybridized carbons (Fsp3) is 0.364. The van der Waals surface area contributed by atoms with E-state index < -0.39 is 22.5 Å². The van der Waals surface area contributed by atoms with Crippen molar-refractivity contribution in [2.24, 2.45) is 0 Å². The lowest BCUT2D eigenvalue weighted by atomic mass is 10.3. The number of benzene rings is 1. The zero-order valence-corrected chi connectivity index (χ0v) is 12.9. The van der Waals surface area contributed by atoms with Gasteiger partial charge in [-0.2, -0.15) is 4.31 Å². The Balaban J connectivity index is 3.26. The molecule has 0 atom stereocenters. The molecule has 1 rings (SSSR count). The van der Waals surface area contributed by atoms with Crippen molar-refractivity contribution >= 4 is 31.9 Å². The second kappa shape index (κ2) is 6.36. The molecule has 0 saturated heterocycles. The predicted molar refractivity (Wildman–Crippen MR) is 72.8 cm³/mol. The minimum absolute atomic E-state index is 0.0625. The van der Waals surface area contributed by atoms with E-state index in [1.54, 1.807) is 13.0 Å². The first-order valence-corrected chi connectivity index (χ1v) is 7.62. The molecule has 1 aromatic carbocycles. The lowest BCUT2D eigenvalue weighted by Crippen LogP contribution is -2.32. The third-order valence-electron chi connectivity index (χ3n) is 2.25. The molecule has 1 N–H and O–H groups in total. The Morgan fingerprint density at radius 3 is 2.63 bits per heavy atom. The zero-order valence-electron chi connectivity index (χ0n) is 10.5. The van der Waals surface area contributed by atoms with Crippen LogP contribution in [0.2, 0.25) is 0 Å². The number of hydrogen-bond acceptors (Lipinski definition) is 4. The Morgan fingerprint density at radius 1 is 1.47 bits per heavy atom. The molecule has 0 saturated carbocycles. The van der Waals surface area contributed by atoms with Gasteiger partial charge in [0.1, 0.15) is 17.2 Å². The number of hydrogen-bond donors (Lipinski definition) is 1. The van der Waals surface area contributed by atoms with Crippen molar-refractivity contribution in [3.05, 3.63) is 22.7 Å². The first-order valence-electron chi connectivity index (χ1n) is 5.39. The summed E-state index contributed by atoms with van der Waals surface area (Å²) in [5.41, 5.74) is 0. The third kappa shape index (κ3) is 3.92. The minimum Gasteiger partial charge on any atom is -0.492 e. The third-order valence-corrected chi connectivity index (χ3v) is 4.57. The van der Waals surface area contributed by atoms with Crippen LogP contribution in [0.25, 0.3) is 0 Å². The smallest absolute Gasteiger partial charge is 0.318 e. The number of ether oxygens (including phenoxy) is 1. The van der Waals surface area contributed by atoms with Gasteiger partial charge in [-0.25, -0.2) is 8.42 Å². The average molecular weight is 352 g/mol. The van der Waals surface area contributed by atoms with Gasteiger partial charge in [0.25, 0.3) is 0 Å². The molecule has 0 amide bonds. The number of sulfonamides is 1. The van der Waals surface area contributed by atoms with Crippen LogP contribution >= 0.6 is 15.9 Å². The summed E-state index contributed by atoms with van der Waals surface area (Å²) < 4.78 is 31.1. The molecule has 0 spiro atoms. The molecule has 0 aliphatic rings. The number of carboxylic acid groups (broad SMARTS) is 1. The Morgan fingerprint density at radius 2 is 2.11 bits per heavy atom. The summed E-state index contributed by atoms with van der Waals surface area (Å²) in [4.78, 5) is 10.6. The van der Waals surface area contributed by atoms with E-state index in [1.807, 2.05) is 0 Å². The van der Waals surface area contributed by atoms with Crippen molar-refractivity contribution in [1.29, 1.82) is 0 Å². The summed E-state index contributed by atoms with van der Waals surface area (Å²) in [6.07, 6.45) is 0. The maximum atomic E-state index is 12.3. The van der Waals surface area contributed by atoms with Gasteiger partial charge in [0.15, 0.2) is 0 Å². The van der Waals surface area contributed by atoms with E-state index in [0.717, 1.165) is 4.31 Å². The molecule has 0 unspecified atom stereocenters. The maximum absolute atomic E-state index is 12.3. The molecule has 106 valence electrons. The van der Waals surface area contributed by atoms with Crippen molar-refractivity contribution < 1.29 is 23.1 Å². The van der Waals surface area contributed by atoms with E-state index in [-0.39, 0.29) is 10.6 Å². The number of carbonyl (C=O) groups is 1. The Bertz CT molecular complexity index is 572. The molecule has 0 fully saturated rings. The highest BCUT2D eigenvalue weighted by Crippen LogP contribution is 2.29. The normalized spacial score (nSPS) is 11.6. The summed E-state index contributed by atoms with van der Waals surface area (Å²) in [7, 11) is -2.70. The van der Waals surface area contributed by atoms with Crippen LogP contribution < -0.4 is 4.74 Å². The van der Waals surface area contributed by atoms with Gasteiger partial charge in [0.05, 0.1) is 6.61 Å². The molecule has 8 heteroatoms. The van der Waals surface area contributed by atoms with Gasteiger partial charge in [-0.05, 0) is 25.1 Å². The highest BCUT2D eigenvalue weighted by atomic mass is 79.9. The number of rotatable bonds is 6. The van der Waals surface area contributed by atoms with E-state index in [9.17, 15) is 13.2 Å². The van der Waals surface area contributed by atoms with Gasteiger partial charge >= 0.3 is 5.97 Å². The number of carboxylic acids is 1. The van der Waals surface area contributed by atoms with Gasteiger partial charge in [-0.3, -0.25) is 4.79 Å². The van der Waals surface area contributed by atoms with Crippen LogP contribution in [-0.2, 0) is 14.8 Å². The van der Waals surface area contributed by atoms with Crippen LogP contribution in [0, 0.1) is 0 Å². The molecule has 19 heavy (non-hydrogen) atoms. The number of aliphatic carboxylic acids is 1. The van der Waals surface area contributed by atoms with Crippen LogP contribution in [0.3, 0.4) is 0 Å². The fourth-order valence-electron chi connectivity index (χ4n) is 1.40. The second-order valence-electron chi connectivity index (χ2n) is 3.68. The average Bonchev–Trinajstić information content (AvgIpc) is 2.30. The number of likely N-dealkylation sites (N-methyl/N-ethyl adjacent to an activating group) is 1. The molecule has 0 heterocycles. The van der Waals surface area contributed by atoms with Gasteiger partial charge in [-0.1, -0.05) is 15.9 Å². The van der Waals surface area contributed by atoms with Crippen molar-refractivity contribution in [3.8, 4) is 5.75 Å². The van der Waals surface area contributed by atoms with E-state index in [0.29, 0.717) is 11.1 Å². The highest BCUT2D eigenvalue weighted by molar-refractivity contribution is 9.10. The van der Waals surface area contributed by atoms with E-state index >= 15 is 0 Å². The van der Waals surface area contributed by atoms with Crippen LogP contribution in [0.15, 0.2) is 27.6 Å². The summed E-state index contributed by atoms with van der Waals surface area (Å²) in [6, 6.07) is 4.56. The molecular formula is C11H14BrNO5S. The van der Waals surface area contributed by atoms with E-state index in [4.69, 9.17) is 9.84 Å². The van der Waals surface area contributed by atoms with Gasteiger partial charge < -0.3 is 9.84 Å². The van der Waals surface area contributed by atoms with Crippen LogP contribution in [0.4, 0.5) is 0 Å². The predicted octanol–water partition coefficient (Wildman–Crippen LogP) is 1.55. The van der Waals surface area contributed by atoms with Gasteiger partial charge in [0.2, 0.25) is 10.0 Å². The topological polar surface area (TPSA) is 83.9 Å². The van der Waals surface area contributed by atoms with Crippen molar-refractivity contribution in [3.63, 3.8) is 0 Å². The quantitative estimate of drug-likeness (QED) is 0.840. The molecule has 6 nitrogen and oxygen atoms in total. The largest absolute Gasteiger partial charge is 0.492 e. The molecule has 0 bridgehead atoms. The monoisotopic (exact) mass is 351 g/mol. The SMILES string of the molecule is CCOc1ccc(Br)cc1S(=O)(=O)N(C)CC(=O)O. The van der Waals surface area contributed by atoms with Gasteiger partial charge in [0, 0.05) is 11.5 Å². The van der Waals surface area contributed by atoms with E-state index in [2.05, 4.69) is 15.9 Å². The minimum atomic E-state index is -3.91. The summed E-state index contributed by atoms with van der Waals surface area (Å²) >= 11 is 3.19. The molecular weight excluding hydrogens is 338 g/mol. The number of halogens is 1. The van der Waals surface area contributed by atoms with Crippen molar-refractivity contribution in [2.45, 2.75) is 11.8 Å². The fourth-order valence-corrected chi connectivity index (χ4v) is 3.19. The maximum Gasteiger partial charge on any atom is 0.318 e. The van der Waals surface area contributed by atoms with Crippen LogP contribution in [0.5, 0.6) is 5.75 Å². The molecule has 0 aromatic heterocycles. The van der Waals surface area contributed by atoms with Crippen molar-refractivity contribution in [1.82, 2.24) is 4.31 Å². The Hall–Kier alpha value is -1.12. The number of nitrogens with zero attached hydrogens (tertiary/aromatic N) is 1. The highest BCUT2D eigenvalue weighted by Gasteiger charge is 2.26. The Kier molecular flexibility index (Phi) is 5.33. The summed E-state index contributed by atoms with van der Waals surface area (Å²) in [6.45, 7) is 1.44. The molecule has 0 aliphatic carbocycles. The Labute approximate surface area is 120 Å². The zero-order chi connectivity index (χ0) is 14.6. The molecule has 0 radical (unpaired) electrons. The van der Waals surface area contributed by atoms with Gasteiger partial charge in [-0.15, -0.1) is 0 Å². The molecule has 1 aromatic rings. The first-order chi connectivity index (χ1) is 8.78. The standard InChI is InChI=1S/C11H14BrNO5S/c1-3-18-9-5-4-8(12)6-10(9)19(16,17)13(2)7-11(14)15/h4-6H,3,7H2,1-2H3,(H,14,15).